The number of nitrogens with two attached hydrogens (primary N) is 1. The first kappa shape index (κ1) is 17.8. The van der Waals surface area contributed by atoms with Gasteiger partial charge in [-0.1, -0.05) is 20.8 Å². The molecule has 0 aliphatic heterocycles. The summed E-state index contributed by atoms with van der Waals surface area (Å²) in [5, 5.41) is 0. The lowest BCUT2D eigenvalue weighted by Gasteiger charge is -2.29. The molecule has 5 nitrogen and oxygen atoms in total. The Morgan fingerprint density at radius 2 is 1.39 bits per heavy atom. The van der Waals surface area contributed by atoms with E-state index in [4.69, 9.17) is 24.7 Å². The molecule has 0 fully saturated rings. The zero-order valence-electron chi connectivity index (χ0n) is 12.2. The standard InChI is InChI=1S/C13H29NO4/c1-13(2,3)12(11-14)18-10-9-17-8-7-16-6-5-15-4/h12H,5-11,14H2,1-4H3. The summed E-state index contributed by atoms with van der Waals surface area (Å²) in [7, 11) is 1.65. The van der Waals surface area contributed by atoms with Crippen LogP contribution in [0.25, 0.3) is 0 Å². The van der Waals surface area contributed by atoms with Crippen LogP contribution in [0.5, 0.6) is 0 Å². The third-order valence-corrected chi connectivity index (χ3v) is 2.53. The highest BCUT2D eigenvalue weighted by Crippen LogP contribution is 2.21. The lowest BCUT2D eigenvalue weighted by Crippen LogP contribution is -2.37. The van der Waals surface area contributed by atoms with Gasteiger partial charge in [-0.15, -0.1) is 0 Å². The van der Waals surface area contributed by atoms with Gasteiger partial charge in [0.2, 0.25) is 0 Å². The van der Waals surface area contributed by atoms with Gasteiger partial charge in [0.25, 0.3) is 0 Å². The zero-order valence-corrected chi connectivity index (χ0v) is 12.2. The second-order valence-corrected chi connectivity index (χ2v) is 5.18. The molecule has 2 N–H and O–H groups in total. The van der Waals surface area contributed by atoms with E-state index in [2.05, 4.69) is 20.8 Å². The molecule has 1 unspecified atom stereocenters. The summed E-state index contributed by atoms with van der Waals surface area (Å²) in [4.78, 5) is 0. The fourth-order valence-corrected chi connectivity index (χ4v) is 1.39. The molecule has 1 atom stereocenters. The highest BCUT2D eigenvalue weighted by atomic mass is 16.6. The van der Waals surface area contributed by atoms with Crippen molar-refractivity contribution in [2.24, 2.45) is 11.1 Å². The summed E-state index contributed by atoms with van der Waals surface area (Å²) in [6, 6.07) is 0. The Labute approximate surface area is 111 Å². The van der Waals surface area contributed by atoms with Crippen molar-refractivity contribution in [3.8, 4) is 0 Å². The molecule has 0 aromatic carbocycles. The smallest absolute Gasteiger partial charge is 0.0746 e. The molecule has 0 aromatic rings. The highest BCUT2D eigenvalue weighted by Gasteiger charge is 2.23. The molecular weight excluding hydrogens is 234 g/mol. The summed E-state index contributed by atoms with van der Waals surface area (Å²) in [6.07, 6.45) is 0.0686. The van der Waals surface area contributed by atoms with Gasteiger partial charge in [0.05, 0.1) is 45.7 Å². The quantitative estimate of drug-likeness (QED) is 0.565. The molecule has 18 heavy (non-hydrogen) atoms. The van der Waals surface area contributed by atoms with Gasteiger partial charge in [-0.2, -0.15) is 0 Å². The molecule has 0 aromatic heterocycles. The minimum absolute atomic E-state index is 0.0675. The summed E-state index contributed by atoms with van der Waals surface area (Å²) in [6.45, 7) is 10.4. The number of rotatable bonds is 11. The monoisotopic (exact) mass is 263 g/mol. The molecule has 0 saturated heterocycles. The predicted octanol–water partition coefficient (Wildman–Crippen LogP) is 1.06. The van der Waals surface area contributed by atoms with Gasteiger partial charge in [0.15, 0.2) is 0 Å². The molecule has 0 heterocycles. The topological polar surface area (TPSA) is 62.9 Å². The van der Waals surface area contributed by atoms with Crippen LogP contribution < -0.4 is 5.73 Å². The van der Waals surface area contributed by atoms with E-state index in [0.717, 1.165) is 0 Å². The third kappa shape index (κ3) is 9.79. The molecule has 0 bridgehead atoms. The van der Waals surface area contributed by atoms with E-state index in [-0.39, 0.29) is 11.5 Å². The number of hydrogen-bond donors (Lipinski definition) is 1. The summed E-state index contributed by atoms with van der Waals surface area (Å²) in [5.41, 5.74) is 5.74. The Kier molecular flexibility index (Phi) is 10.6. The molecule has 0 radical (unpaired) electrons. The van der Waals surface area contributed by atoms with Crippen LogP contribution in [-0.2, 0) is 18.9 Å². The predicted molar refractivity (Wildman–Crippen MR) is 71.8 cm³/mol. The SMILES string of the molecule is COCCOCCOCCOC(CN)C(C)(C)C. The maximum Gasteiger partial charge on any atom is 0.0746 e. The molecular formula is C13H29NO4. The largest absolute Gasteiger partial charge is 0.382 e. The number of hydrogen-bond acceptors (Lipinski definition) is 5. The molecule has 0 aliphatic carbocycles. The van der Waals surface area contributed by atoms with Crippen LogP contribution in [0.2, 0.25) is 0 Å². The number of methoxy groups -OCH3 is 1. The van der Waals surface area contributed by atoms with E-state index in [1.165, 1.54) is 0 Å². The second-order valence-electron chi connectivity index (χ2n) is 5.18. The minimum Gasteiger partial charge on any atom is -0.382 e. The van der Waals surface area contributed by atoms with Gasteiger partial charge in [0.1, 0.15) is 0 Å². The average molecular weight is 263 g/mol. The van der Waals surface area contributed by atoms with Crippen molar-refractivity contribution in [2.45, 2.75) is 26.9 Å². The van der Waals surface area contributed by atoms with Crippen molar-refractivity contribution in [1.82, 2.24) is 0 Å². The first-order valence-corrected chi connectivity index (χ1v) is 6.48. The van der Waals surface area contributed by atoms with Gasteiger partial charge < -0.3 is 24.7 Å². The van der Waals surface area contributed by atoms with Gasteiger partial charge in [-0.3, -0.25) is 0 Å². The van der Waals surface area contributed by atoms with Crippen LogP contribution in [0.15, 0.2) is 0 Å². The zero-order chi connectivity index (χ0) is 13.9. The van der Waals surface area contributed by atoms with Gasteiger partial charge in [-0.05, 0) is 5.41 Å². The van der Waals surface area contributed by atoms with E-state index in [9.17, 15) is 0 Å². The Hall–Kier alpha value is -0.200. The van der Waals surface area contributed by atoms with Gasteiger partial charge in [-0.25, -0.2) is 0 Å². The Morgan fingerprint density at radius 1 is 0.889 bits per heavy atom. The molecule has 5 heteroatoms. The van der Waals surface area contributed by atoms with Crippen molar-refractivity contribution in [3.63, 3.8) is 0 Å². The van der Waals surface area contributed by atoms with Crippen molar-refractivity contribution >= 4 is 0 Å². The fraction of sp³-hybridized carbons (Fsp3) is 1.00. The molecule has 0 aliphatic rings. The second kappa shape index (κ2) is 10.7. The summed E-state index contributed by atoms with van der Waals surface area (Å²) >= 11 is 0. The fourth-order valence-electron chi connectivity index (χ4n) is 1.39. The number of ether oxygens (including phenoxy) is 4. The first-order chi connectivity index (χ1) is 8.52. The minimum atomic E-state index is 0.0675. The summed E-state index contributed by atoms with van der Waals surface area (Å²) in [5.74, 6) is 0. The van der Waals surface area contributed by atoms with Crippen LogP contribution >= 0.6 is 0 Å². The lowest BCUT2D eigenvalue weighted by atomic mass is 9.89. The molecule has 0 spiro atoms. The van der Waals surface area contributed by atoms with E-state index >= 15 is 0 Å². The third-order valence-electron chi connectivity index (χ3n) is 2.53. The van der Waals surface area contributed by atoms with Crippen LogP contribution in [0.1, 0.15) is 20.8 Å². The Morgan fingerprint density at radius 3 is 1.83 bits per heavy atom. The van der Waals surface area contributed by atoms with Crippen LogP contribution in [0, 0.1) is 5.41 Å². The summed E-state index contributed by atoms with van der Waals surface area (Å²) < 4.78 is 21.2. The molecule has 0 saturated carbocycles. The Balaban J connectivity index is 3.34. The lowest BCUT2D eigenvalue weighted by molar-refractivity contribution is -0.0461. The van der Waals surface area contributed by atoms with Crippen molar-refractivity contribution in [1.29, 1.82) is 0 Å². The van der Waals surface area contributed by atoms with Crippen LogP contribution in [0.3, 0.4) is 0 Å². The highest BCUT2D eigenvalue weighted by molar-refractivity contribution is 4.74. The van der Waals surface area contributed by atoms with Crippen molar-refractivity contribution in [3.05, 3.63) is 0 Å². The maximum atomic E-state index is 5.69. The van der Waals surface area contributed by atoms with Crippen LogP contribution in [0.4, 0.5) is 0 Å². The molecule has 0 rings (SSSR count). The van der Waals surface area contributed by atoms with Gasteiger partial charge >= 0.3 is 0 Å². The molecule has 0 amide bonds. The normalized spacial score (nSPS) is 13.8. The van der Waals surface area contributed by atoms with E-state index in [1.807, 2.05) is 0 Å². The van der Waals surface area contributed by atoms with E-state index < -0.39 is 0 Å². The average Bonchev–Trinajstić information content (AvgIpc) is 2.30. The van der Waals surface area contributed by atoms with Gasteiger partial charge in [0, 0.05) is 13.7 Å². The first-order valence-electron chi connectivity index (χ1n) is 6.48. The maximum absolute atomic E-state index is 5.69. The van der Waals surface area contributed by atoms with Crippen molar-refractivity contribution < 1.29 is 18.9 Å². The van der Waals surface area contributed by atoms with E-state index in [1.54, 1.807) is 7.11 Å². The van der Waals surface area contributed by atoms with Crippen molar-refractivity contribution in [2.75, 3.05) is 53.3 Å². The Bertz CT molecular complexity index is 182. The molecule has 110 valence electrons. The van der Waals surface area contributed by atoms with Crippen LogP contribution in [-0.4, -0.2) is 59.4 Å². The van der Waals surface area contributed by atoms with E-state index in [0.29, 0.717) is 46.2 Å².